The van der Waals surface area contributed by atoms with Crippen LogP contribution in [-0.4, -0.2) is 140 Å². The smallest absolute Gasteiger partial charge is 0.220 e. The van der Waals surface area contributed by atoms with Gasteiger partial charge in [0, 0.05) is 6.42 Å². The normalized spacial score (nSPS) is 23.8. The van der Waals surface area contributed by atoms with Crippen LogP contribution in [0, 0.1) is 0 Å². The van der Waals surface area contributed by atoms with E-state index in [1.807, 2.05) is 6.08 Å². The van der Waals surface area contributed by atoms with E-state index < -0.39 is 86.8 Å². The highest BCUT2D eigenvalue weighted by Crippen LogP contribution is 2.30. The molecule has 0 radical (unpaired) electrons. The maximum atomic E-state index is 13.3. The fourth-order valence-corrected chi connectivity index (χ4v) is 11.2. The molecule has 0 aromatic heterocycles. The molecule has 0 aromatic rings. The van der Waals surface area contributed by atoms with Crippen molar-refractivity contribution >= 4 is 5.91 Å². The summed E-state index contributed by atoms with van der Waals surface area (Å²) in [6.45, 7) is 2.71. The highest BCUT2D eigenvalue weighted by atomic mass is 16.7. The molecule has 0 spiro atoms. The number of aliphatic hydroxyl groups excluding tert-OH is 8. The lowest BCUT2D eigenvalue weighted by Gasteiger charge is -2.46. The van der Waals surface area contributed by atoms with Crippen LogP contribution in [0.15, 0.2) is 85.1 Å². The molecule has 0 aromatic carbocycles. The molecule has 0 saturated carbocycles. The van der Waals surface area contributed by atoms with Crippen molar-refractivity contribution in [2.24, 2.45) is 0 Å². The standard InChI is InChI=1S/C73H129NO13/c1-3-5-7-9-11-13-15-17-19-21-23-25-27-29-30-31-32-33-35-37-39-41-43-45-47-49-51-53-55-57-65(78)74-61(60-84-72-70(83)68(81)71(64(59-76)86-72)87-73-69(82)67(80)66(79)63(58-75)85-73)62(77)56-54-52-50-48-46-44-42-40-38-36-34-28-26-24-22-20-18-16-14-12-10-8-6-4-2/h5,7,11,13,17,19,23,25,29-30,32-33,54,56,61-64,66-73,75-77,79-83H,3-4,6,8-10,12,14-16,18,20-22,24,26-28,31,34-53,55,57-60H2,1-2H3,(H,74,78)/b7-5-,13-11-,19-17-,25-23-,30-29-,33-32-,56-54+. The molecule has 87 heavy (non-hydrogen) atoms. The number of hydrogen-bond acceptors (Lipinski definition) is 13. The fourth-order valence-electron chi connectivity index (χ4n) is 11.2. The number of ether oxygens (including phenoxy) is 4. The summed E-state index contributed by atoms with van der Waals surface area (Å²) in [4.78, 5) is 13.3. The summed E-state index contributed by atoms with van der Waals surface area (Å²) in [7, 11) is 0. The number of aliphatic hydroxyl groups is 8. The number of rotatable bonds is 57. The van der Waals surface area contributed by atoms with Crippen LogP contribution in [-0.2, 0) is 23.7 Å². The molecule has 2 aliphatic rings. The van der Waals surface area contributed by atoms with Gasteiger partial charge < -0.3 is 65.1 Å². The van der Waals surface area contributed by atoms with Gasteiger partial charge in [0.05, 0.1) is 32.0 Å². The predicted molar refractivity (Wildman–Crippen MR) is 355 cm³/mol. The molecule has 0 bridgehead atoms. The number of carbonyl (C=O) groups is 1. The van der Waals surface area contributed by atoms with Gasteiger partial charge in [0.25, 0.3) is 0 Å². The van der Waals surface area contributed by atoms with Crippen molar-refractivity contribution in [2.45, 2.75) is 351 Å². The Balaban J connectivity index is 1.69. The molecular formula is C73H129NO13. The van der Waals surface area contributed by atoms with Gasteiger partial charge >= 0.3 is 0 Å². The molecule has 2 rings (SSSR count). The van der Waals surface area contributed by atoms with E-state index in [1.54, 1.807) is 6.08 Å². The van der Waals surface area contributed by atoms with Crippen LogP contribution < -0.4 is 5.32 Å². The maximum Gasteiger partial charge on any atom is 0.220 e. The SMILES string of the molecule is CC/C=C\C/C=C\C/C=C\C/C=C\C/C=C\C/C=C\CCCCCCCCCCCCC(=O)NC(COC1OC(CO)C(OC2OC(CO)C(O)C(O)C2O)C(O)C1O)C(O)/C=C/CCCCCCCCCCCCCCCCCCCCCCCC. The van der Waals surface area contributed by atoms with Gasteiger partial charge in [-0.25, -0.2) is 0 Å². The molecular weight excluding hydrogens is 1100 g/mol. The van der Waals surface area contributed by atoms with E-state index in [0.717, 1.165) is 83.5 Å². The van der Waals surface area contributed by atoms with E-state index in [0.29, 0.717) is 6.42 Å². The third-order valence-electron chi connectivity index (χ3n) is 16.8. The summed E-state index contributed by atoms with van der Waals surface area (Å²) in [6, 6.07) is -0.924. The zero-order chi connectivity index (χ0) is 63.1. The first-order valence-electron chi connectivity index (χ1n) is 35.3. The number of unbranched alkanes of at least 4 members (excludes halogenated alkanes) is 32. The Morgan fingerprint density at radius 2 is 0.793 bits per heavy atom. The van der Waals surface area contributed by atoms with Gasteiger partial charge in [-0.05, 0) is 70.6 Å². The number of allylic oxidation sites excluding steroid dienone is 13. The molecule has 2 aliphatic heterocycles. The molecule has 12 unspecified atom stereocenters. The van der Waals surface area contributed by atoms with E-state index in [1.165, 1.54) is 167 Å². The van der Waals surface area contributed by atoms with Crippen molar-refractivity contribution in [3.63, 3.8) is 0 Å². The molecule has 2 heterocycles. The van der Waals surface area contributed by atoms with Crippen LogP contribution in [0.4, 0.5) is 0 Å². The summed E-state index contributed by atoms with van der Waals surface area (Å²) in [5.41, 5.74) is 0. The second kappa shape index (κ2) is 57.1. The predicted octanol–water partition coefficient (Wildman–Crippen LogP) is 14.4. The minimum absolute atomic E-state index is 0.244. The first-order valence-corrected chi connectivity index (χ1v) is 35.3. The summed E-state index contributed by atoms with van der Waals surface area (Å²) in [5, 5.41) is 87.5. The second-order valence-corrected chi connectivity index (χ2v) is 24.6. The van der Waals surface area contributed by atoms with Crippen LogP contribution in [0.25, 0.3) is 0 Å². The Bertz CT molecular complexity index is 1780. The van der Waals surface area contributed by atoms with Gasteiger partial charge in [-0.15, -0.1) is 0 Å². The highest BCUT2D eigenvalue weighted by Gasteiger charge is 2.51. The number of amides is 1. The lowest BCUT2D eigenvalue weighted by atomic mass is 9.97. The molecule has 9 N–H and O–H groups in total. The van der Waals surface area contributed by atoms with Gasteiger partial charge in [-0.3, -0.25) is 4.79 Å². The molecule has 2 fully saturated rings. The Kier molecular flexibility index (Phi) is 52.7. The maximum absolute atomic E-state index is 13.3. The van der Waals surface area contributed by atoms with Gasteiger partial charge in [-0.1, -0.05) is 285 Å². The Morgan fingerprint density at radius 3 is 1.22 bits per heavy atom. The van der Waals surface area contributed by atoms with Gasteiger partial charge in [0.15, 0.2) is 12.6 Å². The lowest BCUT2D eigenvalue weighted by Crippen LogP contribution is -2.65. The summed E-state index contributed by atoms with van der Waals surface area (Å²) in [5.74, 6) is -0.244. The average molecular weight is 1230 g/mol. The van der Waals surface area contributed by atoms with Gasteiger partial charge in [0.2, 0.25) is 5.91 Å². The quantitative estimate of drug-likeness (QED) is 0.0204. The van der Waals surface area contributed by atoms with Crippen molar-refractivity contribution in [1.82, 2.24) is 5.32 Å². The monoisotopic (exact) mass is 1230 g/mol. The van der Waals surface area contributed by atoms with Crippen molar-refractivity contribution in [1.29, 1.82) is 0 Å². The second-order valence-electron chi connectivity index (χ2n) is 24.6. The largest absolute Gasteiger partial charge is 0.394 e. The molecule has 14 nitrogen and oxygen atoms in total. The van der Waals surface area contributed by atoms with Crippen LogP contribution >= 0.6 is 0 Å². The van der Waals surface area contributed by atoms with Crippen LogP contribution in [0.3, 0.4) is 0 Å². The lowest BCUT2D eigenvalue weighted by molar-refractivity contribution is -0.359. The van der Waals surface area contributed by atoms with E-state index >= 15 is 0 Å². The van der Waals surface area contributed by atoms with Crippen molar-refractivity contribution in [2.75, 3.05) is 19.8 Å². The highest BCUT2D eigenvalue weighted by molar-refractivity contribution is 5.76. The first-order chi connectivity index (χ1) is 42.6. The summed E-state index contributed by atoms with van der Waals surface area (Å²) < 4.78 is 22.9. The fraction of sp³-hybridized carbons (Fsp3) is 0.795. The minimum atomic E-state index is -1.79. The Labute approximate surface area is 529 Å². The third-order valence-corrected chi connectivity index (χ3v) is 16.8. The molecule has 1 amide bonds. The molecule has 14 heteroatoms. The Morgan fingerprint density at radius 1 is 0.425 bits per heavy atom. The first kappa shape index (κ1) is 80.3. The van der Waals surface area contributed by atoms with E-state index in [-0.39, 0.29) is 18.9 Å². The number of nitrogens with one attached hydrogen (secondary N) is 1. The van der Waals surface area contributed by atoms with Crippen LogP contribution in [0.5, 0.6) is 0 Å². The van der Waals surface area contributed by atoms with Crippen LogP contribution in [0.2, 0.25) is 0 Å². The number of carbonyl (C=O) groups excluding carboxylic acids is 1. The van der Waals surface area contributed by atoms with Crippen LogP contribution in [0.1, 0.15) is 277 Å². The average Bonchev–Trinajstić information content (AvgIpc) is 1.55. The molecule has 504 valence electrons. The van der Waals surface area contributed by atoms with Crippen molar-refractivity contribution in [3.05, 3.63) is 85.1 Å². The zero-order valence-corrected chi connectivity index (χ0v) is 54.7. The Hall–Kier alpha value is -2.83. The van der Waals surface area contributed by atoms with E-state index in [2.05, 4.69) is 92.1 Å². The van der Waals surface area contributed by atoms with Crippen molar-refractivity contribution in [3.8, 4) is 0 Å². The summed E-state index contributed by atoms with van der Waals surface area (Å²) >= 11 is 0. The van der Waals surface area contributed by atoms with E-state index in [9.17, 15) is 45.6 Å². The molecule has 2 saturated heterocycles. The van der Waals surface area contributed by atoms with Gasteiger partial charge in [-0.2, -0.15) is 0 Å². The van der Waals surface area contributed by atoms with Crippen molar-refractivity contribution < 1.29 is 64.6 Å². The van der Waals surface area contributed by atoms with E-state index in [4.69, 9.17) is 18.9 Å². The summed E-state index contributed by atoms with van der Waals surface area (Å²) in [6.07, 6.45) is 61.9. The molecule has 12 atom stereocenters. The molecule has 0 aliphatic carbocycles. The minimum Gasteiger partial charge on any atom is -0.394 e. The van der Waals surface area contributed by atoms with Gasteiger partial charge in [0.1, 0.15) is 48.8 Å². The zero-order valence-electron chi connectivity index (χ0n) is 54.7. The topological polar surface area (TPSA) is 228 Å². The number of hydrogen-bond donors (Lipinski definition) is 9. The third kappa shape index (κ3) is 41.3.